The summed E-state index contributed by atoms with van der Waals surface area (Å²) in [5, 5.41) is 1.99. The third kappa shape index (κ3) is 2.20. The molecule has 0 aliphatic carbocycles. The van der Waals surface area contributed by atoms with E-state index in [-0.39, 0.29) is 0 Å². The van der Waals surface area contributed by atoms with E-state index in [1.165, 1.54) is 0 Å². The summed E-state index contributed by atoms with van der Waals surface area (Å²) in [5.41, 5.74) is 0.849. The molecular formula is C14H11F3O. The van der Waals surface area contributed by atoms with Crippen molar-refractivity contribution < 1.29 is 17.9 Å². The molecule has 1 saturated heterocycles. The zero-order valence-electron chi connectivity index (χ0n) is 9.45. The molecule has 2 atom stereocenters. The third-order valence-corrected chi connectivity index (χ3v) is 3.14. The van der Waals surface area contributed by atoms with Crippen molar-refractivity contribution in [1.29, 1.82) is 0 Å². The van der Waals surface area contributed by atoms with Gasteiger partial charge in [0.2, 0.25) is 0 Å². The van der Waals surface area contributed by atoms with Crippen LogP contribution in [0, 0.1) is 0 Å². The highest BCUT2D eigenvalue weighted by Crippen LogP contribution is 2.46. The minimum atomic E-state index is -4.16. The van der Waals surface area contributed by atoms with Crippen molar-refractivity contribution in [3.8, 4) is 0 Å². The second-order valence-electron chi connectivity index (χ2n) is 4.48. The second kappa shape index (κ2) is 3.99. The molecule has 1 aliphatic rings. The summed E-state index contributed by atoms with van der Waals surface area (Å²) in [7, 11) is 0. The SMILES string of the molecule is FC(F)(F)C[C@H]1O[C@@H]1c1cccc2ccccc12. The van der Waals surface area contributed by atoms with Gasteiger partial charge in [0.1, 0.15) is 6.10 Å². The Balaban J connectivity index is 1.89. The van der Waals surface area contributed by atoms with Gasteiger partial charge in [-0.15, -0.1) is 0 Å². The lowest BCUT2D eigenvalue weighted by atomic mass is 10.00. The normalized spacial score (nSPS) is 23.3. The van der Waals surface area contributed by atoms with Gasteiger partial charge in [-0.05, 0) is 16.3 Å². The summed E-state index contributed by atoms with van der Waals surface area (Å²) >= 11 is 0. The van der Waals surface area contributed by atoms with Crippen LogP contribution in [0.3, 0.4) is 0 Å². The summed E-state index contributed by atoms with van der Waals surface area (Å²) in [4.78, 5) is 0. The van der Waals surface area contributed by atoms with Crippen LogP contribution >= 0.6 is 0 Å². The Morgan fingerprint density at radius 1 is 1.00 bits per heavy atom. The summed E-state index contributed by atoms with van der Waals surface area (Å²) in [6.07, 6.45) is -6.18. The van der Waals surface area contributed by atoms with Gasteiger partial charge in [-0.1, -0.05) is 42.5 Å². The fourth-order valence-corrected chi connectivity index (χ4v) is 2.30. The lowest BCUT2D eigenvalue weighted by Crippen LogP contribution is -2.11. The summed E-state index contributed by atoms with van der Waals surface area (Å²) in [6.45, 7) is 0. The summed E-state index contributed by atoms with van der Waals surface area (Å²) in [5.74, 6) is 0. The Labute approximate surface area is 102 Å². The second-order valence-corrected chi connectivity index (χ2v) is 4.48. The van der Waals surface area contributed by atoms with E-state index in [2.05, 4.69) is 0 Å². The Kier molecular flexibility index (Phi) is 2.55. The van der Waals surface area contributed by atoms with E-state index in [9.17, 15) is 13.2 Å². The number of benzene rings is 2. The van der Waals surface area contributed by atoms with Gasteiger partial charge >= 0.3 is 6.18 Å². The molecule has 0 amide bonds. The first-order chi connectivity index (χ1) is 8.54. The van der Waals surface area contributed by atoms with Crippen molar-refractivity contribution in [2.75, 3.05) is 0 Å². The van der Waals surface area contributed by atoms with Crippen LogP contribution in [0.5, 0.6) is 0 Å². The van der Waals surface area contributed by atoms with E-state index in [4.69, 9.17) is 4.74 Å². The first kappa shape index (κ1) is 11.5. The maximum Gasteiger partial charge on any atom is 0.391 e. The van der Waals surface area contributed by atoms with E-state index in [1.54, 1.807) is 0 Å². The lowest BCUT2D eigenvalue weighted by molar-refractivity contribution is -0.137. The smallest absolute Gasteiger partial charge is 0.364 e. The molecule has 1 aliphatic heterocycles. The number of alkyl halides is 3. The Bertz CT molecular complexity index is 571. The number of epoxide rings is 1. The van der Waals surface area contributed by atoms with Gasteiger partial charge in [0.05, 0.1) is 12.5 Å². The maximum atomic E-state index is 12.3. The predicted octanol–water partition coefficient (Wildman–Crippen LogP) is 4.23. The van der Waals surface area contributed by atoms with Gasteiger partial charge in [0.25, 0.3) is 0 Å². The molecule has 3 rings (SSSR count). The van der Waals surface area contributed by atoms with Crippen LogP contribution in [-0.4, -0.2) is 12.3 Å². The highest BCUT2D eigenvalue weighted by atomic mass is 19.4. The van der Waals surface area contributed by atoms with Crippen LogP contribution < -0.4 is 0 Å². The minimum absolute atomic E-state index is 0.419. The van der Waals surface area contributed by atoms with Crippen LogP contribution in [0.1, 0.15) is 18.1 Å². The van der Waals surface area contributed by atoms with Gasteiger partial charge < -0.3 is 4.74 Å². The Morgan fingerprint density at radius 2 is 1.72 bits per heavy atom. The van der Waals surface area contributed by atoms with Crippen LogP contribution in [-0.2, 0) is 4.74 Å². The molecule has 2 aromatic rings. The fraction of sp³-hybridized carbons (Fsp3) is 0.286. The van der Waals surface area contributed by atoms with Crippen molar-refractivity contribution >= 4 is 10.8 Å². The highest BCUT2D eigenvalue weighted by molar-refractivity contribution is 5.86. The topological polar surface area (TPSA) is 12.5 Å². The largest absolute Gasteiger partial charge is 0.391 e. The van der Waals surface area contributed by atoms with Gasteiger partial charge in [0.15, 0.2) is 0 Å². The molecule has 0 radical (unpaired) electrons. The van der Waals surface area contributed by atoms with Crippen molar-refractivity contribution in [3.05, 3.63) is 48.0 Å². The summed E-state index contributed by atoms with van der Waals surface area (Å²) < 4.78 is 42.0. The van der Waals surface area contributed by atoms with Crippen LogP contribution in [0.15, 0.2) is 42.5 Å². The molecule has 4 heteroatoms. The average Bonchev–Trinajstić information content (AvgIpc) is 3.05. The van der Waals surface area contributed by atoms with E-state index in [1.807, 2.05) is 42.5 Å². The monoisotopic (exact) mass is 252 g/mol. The zero-order valence-corrected chi connectivity index (χ0v) is 9.45. The molecule has 0 bridgehead atoms. The number of hydrogen-bond acceptors (Lipinski definition) is 1. The molecule has 18 heavy (non-hydrogen) atoms. The molecule has 2 aromatic carbocycles. The van der Waals surface area contributed by atoms with Crippen LogP contribution in [0.25, 0.3) is 10.8 Å². The van der Waals surface area contributed by atoms with Crippen molar-refractivity contribution in [3.63, 3.8) is 0 Å². The number of rotatable bonds is 2. The van der Waals surface area contributed by atoms with Gasteiger partial charge in [-0.25, -0.2) is 0 Å². The first-order valence-corrected chi connectivity index (χ1v) is 5.74. The number of hydrogen-bond donors (Lipinski definition) is 0. The Morgan fingerprint density at radius 3 is 2.50 bits per heavy atom. The molecule has 0 saturated carbocycles. The van der Waals surface area contributed by atoms with E-state index in [0.29, 0.717) is 0 Å². The third-order valence-electron chi connectivity index (χ3n) is 3.14. The molecule has 1 nitrogen and oxygen atoms in total. The molecule has 0 spiro atoms. The van der Waals surface area contributed by atoms with Crippen molar-refractivity contribution in [2.24, 2.45) is 0 Å². The lowest BCUT2D eigenvalue weighted by Gasteiger charge is -2.04. The predicted molar refractivity (Wildman–Crippen MR) is 62.2 cm³/mol. The molecule has 1 heterocycles. The minimum Gasteiger partial charge on any atom is -0.364 e. The van der Waals surface area contributed by atoms with E-state index < -0.39 is 24.8 Å². The van der Waals surface area contributed by atoms with Crippen molar-refractivity contribution in [2.45, 2.75) is 24.8 Å². The number of fused-ring (bicyclic) bond motifs is 1. The quantitative estimate of drug-likeness (QED) is 0.728. The standard InChI is InChI=1S/C14H11F3O/c15-14(16,17)8-12-13(18-12)11-7-3-5-9-4-1-2-6-10(9)11/h1-7,12-13H,8H2/t12-,13-/m1/s1. The molecule has 0 N–H and O–H groups in total. The highest BCUT2D eigenvalue weighted by Gasteiger charge is 2.47. The molecular weight excluding hydrogens is 241 g/mol. The van der Waals surface area contributed by atoms with E-state index >= 15 is 0 Å². The molecule has 94 valence electrons. The maximum absolute atomic E-state index is 12.3. The van der Waals surface area contributed by atoms with E-state index in [0.717, 1.165) is 16.3 Å². The fourth-order valence-electron chi connectivity index (χ4n) is 2.30. The van der Waals surface area contributed by atoms with Gasteiger partial charge in [-0.3, -0.25) is 0 Å². The van der Waals surface area contributed by atoms with Crippen LogP contribution in [0.4, 0.5) is 13.2 Å². The van der Waals surface area contributed by atoms with Crippen LogP contribution in [0.2, 0.25) is 0 Å². The zero-order chi connectivity index (χ0) is 12.8. The first-order valence-electron chi connectivity index (χ1n) is 5.74. The molecule has 0 unspecified atom stereocenters. The average molecular weight is 252 g/mol. The summed E-state index contributed by atoms with van der Waals surface area (Å²) in [6, 6.07) is 13.3. The number of ether oxygens (including phenoxy) is 1. The van der Waals surface area contributed by atoms with Gasteiger partial charge in [-0.2, -0.15) is 13.2 Å². The molecule has 0 aromatic heterocycles. The van der Waals surface area contributed by atoms with Crippen molar-refractivity contribution in [1.82, 2.24) is 0 Å². The number of halogens is 3. The molecule has 1 fully saturated rings. The Hall–Kier alpha value is -1.55. The van der Waals surface area contributed by atoms with Gasteiger partial charge in [0, 0.05) is 0 Å².